The van der Waals surface area contributed by atoms with Gasteiger partial charge >= 0.3 is 0 Å². The summed E-state index contributed by atoms with van der Waals surface area (Å²) in [5.74, 6) is -1.17. The molecular formula is C21H12BrClFN3O3S. The van der Waals surface area contributed by atoms with Crippen LogP contribution in [0.5, 0.6) is 11.6 Å². The van der Waals surface area contributed by atoms with E-state index in [1.54, 1.807) is 30.3 Å². The first kappa shape index (κ1) is 21.5. The fraction of sp³-hybridized carbons (Fsp3) is 0.0476. The summed E-state index contributed by atoms with van der Waals surface area (Å²) < 4.78 is 20.1. The zero-order valence-corrected chi connectivity index (χ0v) is 18.7. The van der Waals surface area contributed by atoms with Crippen LogP contribution in [0, 0.1) is 5.82 Å². The quantitative estimate of drug-likeness (QED) is 0.301. The number of aromatic nitrogens is 2. The van der Waals surface area contributed by atoms with Crippen LogP contribution in [-0.2, 0) is 11.3 Å². The minimum Gasteiger partial charge on any atom is -0.436 e. The molecule has 31 heavy (non-hydrogen) atoms. The summed E-state index contributed by atoms with van der Waals surface area (Å²) in [5.41, 5.74) is 1.44. The highest BCUT2D eigenvalue weighted by Gasteiger charge is 2.35. The maximum atomic E-state index is 13.8. The van der Waals surface area contributed by atoms with Gasteiger partial charge in [-0.25, -0.2) is 4.98 Å². The fourth-order valence-corrected chi connectivity index (χ4v) is 4.20. The van der Waals surface area contributed by atoms with Gasteiger partial charge in [0.25, 0.3) is 17.0 Å². The first-order chi connectivity index (χ1) is 14.9. The summed E-state index contributed by atoms with van der Waals surface area (Å²) in [7, 11) is 0. The molecule has 1 aliphatic rings. The highest BCUT2D eigenvalue weighted by molar-refractivity contribution is 9.10. The van der Waals surface area contributed by atoms with Gasteiger partial charge in [-0.3, -0.25) is 14.5 Å². The lowest BCUT2D eigenvalue weighted by molar-refractivity contribution is -0.123. The van der Waals surface area contributed by atoms with Gasteiger partial charge in [0.2, 0.25) is 11.1 Å². The van der Waals surface area contributed by atoms with E-state index < -0.39 is 5.82 Å². The van der Waals surface area contributed by atoms with Crippen molar-refractivity contribution in [2.45, 2.75) is 6.54 Å². The van der Waals surface area contributed by atoms with E-state index in [9.17, 15) is 14.0 Å². The lowest BCUT2D eigenvalue weighted by atomic mass is 10.2. The number of carbonyl (C=O) groups is 2. The third kappa shape index (κ3) is 5.12. The molecule has 6 nitrogen and oxygen atoms in total. The summed E-state index contributed by atoms with van der Waals surface area (Å²) in [6.07, 6.45) is 2.50. The predicted octanol–water partition coefficient (Wildman–Crippen LogP) is 6.06. The third-order valence-electron chi connectivity index (χ3n) is 4.16. The number of ether oxygens (including phenoxy) is 1. The monoisotopic (exact) mass is 519 g/mol. The molecule has 0 unspecified atom stereocenters. The highest BCUT2D eigenvalue weighted by Crippen LogP contribution is 2.34. The van der Waals surface area contributed by atoms with Crippen LogP contribution < -0.4 is 4.74 Å². The zero-order valence-electron chi connectivity index (χ0n) is 15.6. The molecule has 156 valence electrons. The van der Waals surface area contributed by atoms with Crippen LogP contribution in [0.2, 0.25) is 5.28 Å². The average molecular weight is 521 g/mol. The van der Waals surface area contributed by atoms with Crippen molar-refractivity contribution < 1.29 is 18.7 Å². The van der Waals surface area contributed by atoms with Crippen LogP contribution in [-0.4, -0.2) is 26.0 Å². The maximum Gasteiger partial charge on any atom is 0.293 e. The van der Waals surface area contributed by atoms with E-state index >= 15 is 0 Å². The minimum atomic E-state index is -0.761. The zero-order chi connectivity index (χ0) is 22.0. The standard InChI is InChI=1S/C21H12BrClFN3O3S/c22-14-5-1-4-13(7-14)11-27-19(28)17(31-21(27)29)9-12-3-2-6-15(8-12)30-18-16(24)10-25-20(23)26-18/h1-10H,11H2/b17-9+. The molecule has 2 heterocycles. The first-order valence-electron chi connectivity index (χ1n) is 8.85. The van der Waals surface area contributed by atoms with E-state index in [0.29, 0.717) is 5.56 Å². The Morgan fingerprint density at radius 2 is 2.00 bits per heavy atom. The van der Waals surface area contributed by atoms with E-state index in [1.807, 2.05) is 24.3 Å². The van der Waals surface area contributed by atoms with E-state index in [2.05, 4.69) is 25.9 Å². The molecule has 0 N–H and O–H groups in total. The molecule has 4 rings (SSSR count). The summed E-state index contributed by atoms with van der Waals surface area (Å²) in [6, 6.07) is 14.0. The molecule has 2 aromatic carbocycles. The molecule has 1 aliphatic heterocycles. The van der Waals surface area contributed by atoms with E-state index in [-0.39, 0.29) is 39.5 Å². The molecule has 2 amide bonds. The second-order valence-electron chi connectivity index (χ2n) is 6.36. The van der Waals surface area contributed by atoms with Gasteiger partial charge in [0.1, 0.15) is 5.75 Å². The topological polar surface area (TPSA) is 72.4 Å². The Morgan fingerprint density at radius 3 is 2.81 bits per heavy atom. The predicted molar refractivity (Wildman–Crippen MR) is 119 cm³/mol. The summed E-state index contributed by atoms with van der Waals surface area (Å²) in [5, 5.41) is -0.493. The van der Waals surface area contributed by atoms with E-state index in [1.165, 1.54) is 4.90 Å². The van der Waals surface area contributed by atoms with Crippen molar-refractivity contribution in [3.05, 3.63) is 86.3 Å². The van der Waals surface area contributed by atoms with Crippen LogP contribution in [0.4, 0.5) is 9.18 Å². The maximum absolute atomic E-state index is 13.8. The fourth-order valence-electron chi connectivity index (χ4n) is 2.79. The third-order valence-corrected chi connectivity index (χ3v) is 5.74. The Labute approximate surface area is 194 Å². The number of imide groups is 1. The molecule has 0 aliphatic carbocycles. The molecule has 0 atom stereocenters. The number of halogens is 3. The Balaban J connectivity index is 1.53. The second-order valence-corrected chi connectivity index (χ2v) is 8.61. The molecule has 0 radical (unpaired) electrons. The van der Waals surface area contributed by atoms with Crippen molar-refractivity contribution in [1.82, 2.24) is 14.9 Å². The number of hydrogen-bond acceptors (Lipinski definition) is 6. The Hall–Kier alpha value is -2.75. The molecular weight excluding hydrogens is 509 g/mol. The molecule has 1 saturated heterocycles. The number of hydrogen-bond donors (Lipinski definition) is 0. The number of amides is 2. The van der Waals surface area contributed by atoms with Crippen LogP contribution in [0.15, 0.2) is 64.1 Å². The Morgan fingerprint density at radius 1 is 1.19 bits per heavy atom. The SMILES string of the molecule is O=C1S/C(=C/c2cccc(Oc3nc(Cl)ncc3F)c2)C(=O)N1Cc1cccc(Br)c1. The van der Waals surface area contributed by atoms with Crippen molar-refractivity contribution in [3.8, 4) is 11.6 Å². The molecule has 0 saturated carbocycles. The normalized spacial score (nSPS) is 15.1. The van der Waals surface area contributed by atoms with Crippen molar-refractivity contribution in [3.63, 3.8) is 0 Å². The highest BCUT2D eigenvalue weighted by atomic mass is 79.9. The van der Waals surface area contributed by atoms with Gasteiger partial charge in [0.05, 0.1) is 17.6 Å². The van der Waals surface area contributed by atoms with Crippen LogP contribution in [0.1, 0.15) is 11.1 Å². The van der Waals surface area contributed by atoms with E-state index in [4.69, 9.17) is 16.3 Å². The number of carbonyl (C=O) groups excluding carboxylic acids is 2. The van der Waals surface area contributed by atoms with Crippen LogP contribution >= 0.6 is 39.3 Å². The van der Waals surface area contributed by atoms with Gasteiger partial charge in [-0.15, -0.1) is 0 Å². The van der Waals surface area contributed by atoms with E-state index in [0.717, 1.165) is 28.0 Å². The summed E-state index contributed by atoms with van der Waals surface area (Å²) in [4.78, 5) is 33.9. The van der Waals surface area contributed by atoms with Crippen molar-refractivity contribution >= 4 is 56.5 Å². The minimum absolute atomic E-state index is 0.147. The van der Waals surface area contributed by atoms with Gasteiger partial charge in [-0.05, 0) is 64.8 Å². The van der Waals surface area contributed by atoms with Crippen molar-refractivity contribution in [2.24, 2.45) is 0 Å². The number of nitrogens with zero attached hydrogens (tertiary/aromatic N) is 3. The second kappa shape index (κ2) is 9.17. The lowest BCUT2D eigenvalue weighted by Gasteiger charge is -2.12. The molecule has 1 fully saturated rings. The molecule has 3 aromatic rings. The van der Waals surface area contributed by atoms with Gasteiger partial charge in [0, 0.05) is 4.47 Å². The molecule has 1 aromatic heterocycles. The smallest absolute Gasteiger partial charge is 0.293 e. The van der Waals surface area contributed by atoms with Crippen molar-refractivity contribution in [1.29, 1.82) is 0 Å². The summed E-state index contributed by atoms with van der Waals surface area (Å²) >= 11 is 9.92. The molecule has 0 spiro atoms. The number of thioether (sulfide) groups is 1. The molecule has 10 heteroatoms. The van der Waals surface area contributed by atoms with Gasteiger partial charge in [0.15, 0.2) is 0 Å². The first-order valence-corrected chi connectivity index (χ1v) is 10.8. The van der Waals surface area contributed by atoms with Gasteiger partial charge < -0.3 is 4.74 Å². The van der Waals surface area contributed by atoms with Crippen LogP contribution in [0.25, 0.3) is 6.08 Å². The number of benzene rings is 2. The van der Waals surface area contributed by atoms with Gasteiger partial charge in [-0.1, -0.05) is 40.2 Å². The Bertz CT molecular complexity index is 1220. The average Bonchev–Trinajstić information content (AvgIpc) is 2.98. The lowest BCUT2D eigenvalue weighted by Crippen LogP contribution is -2.27. The largest absolute Gasteiger partial charge is 0.436 e. The van der Waals surface area contributed by atoms with Gasteiger partial charge in [-0.2, -0.15) is 9.37 Å². The Kier molecular flexibility index (Phi) is 6.35. The van der Waals surface area contributed by atoms with Crippen LogP contribution in [0.3, 0.4) is 0 Å². The van der Waals surface area contributed by atoms with Crippen molar-refractivity contribution in [2.75, 3.05) is 0 Å². The molecule has 0 bridgehead atoms. The summed E-state index contributed by atoms with van der Waals surface area (Å²) in [6.45, 7) is 0.179. The number of rotatable bonds is 5.